The Morgan fingerprint density at radius 3 is 1.05 bits per heavy atom. The Balaban J connectivity index is 0.000000146. The molecule has 0 amide bonds. The lowest BCUT2D eigenvalue weighted by Crippen LogP contribution is -2.59. The van der Waals surface area contributed by atoms with E-state index in [1.165, 1.54) is 5.69 Å². The van der Waals surface area contributed by atoms with E-state index in [-0.39, 0.29) is 35.5 Å². The van der Waals surface area contributed by atoms with Crippen molar-refractivity contribution in [3.8, 4) is 40.2 Å². The molecule has 7 fully saturated rings. The third kappa shape index (κ3) is 22.6. The van der Waals surface area contributed by atoms with Crippen molar-refractivity contribution in [2.75, 3.05) is 206 Å². The fraction of sp³-hybridized carbons (Fsp3) is 0.566. The van der Waals surface area contributed by atoms with Crippen LogP contribution in [0.2, 0.25) is 0 Å². The number of nitrogens with zero attached hydrogens (tertiary/aromatic N) is 15. The Hall–Kier alpha value is -8.61. The zero-order chi connectivity index (χ0) is 85.3. The normalized spacial score (nSPS) is 18.4. The van der Waals surface area contributed by atoms with Gasteiger partial charge in [0.05, 0.1) is 63.7 Å². The van der Waals surface area contributed by atoms with E-state index in [0.717, 1.165) is 216 Å². The quantitative estimate of drug-likeness (QED) is 0.0289. The second kappa shape index (κ2) is 37.8. The number of nitrogens with one attached hydrogen (secondary N) is 4. The molecule has 4 aromatic carbocycles. The van der Waals surface area contributed by atoms with Crippen LogP contribution in [-0.4, -0.2) is 297 Å². The van der Waals surface area contributed by atoms with Gasteiger partial charge in [0.2, 0.25) is 0 Å². The topological polar surface area (TPSA) is 479 Å². The van der Waals surface area contributed by atoms with Crippen LogP contribution in [0.25, 0.3) is 43.6 Å². The van der Waals surface area contributed by atoms with Gasteiger partial charge in [-0.25, -0.2) is 69.3 Å². The standard InChI is InChI=1S/C19H30N6O5S.2C19H28N6O4S.C19H27N5O3S/c1-19(2,11-23-31(20,26)27)25-7-5-24(6-8-25)18-14-9-17(30-13-28-3)16(29-4)10-15(14)21-12-22-18;2*1-3-29-17-10-14-15(11-16(17)28-2)21-13-22-18(14)24-6-8-25(9-7-24)19(4-5-19)12-23-30(20,26)27;1-14-11-15-16(12-18(14)27-2)21-6-3-17(15)23-7-9-24(10-8-23)19(4-5-19)13-22-28(20,25)26/h9-10,12,23H,5-8,11,13H2,1-4H3,(H2,20,26,27);2*10-11,13,23H,3-9,12H2,1-2H3,(H2,20,26,27);3,6,11-12,22H,4-5,7-10,13H2,1-2H3,(H2,20,25,26). The highest BCUT2D eigenvalue weighted by Gasteiger charge is 2.51. The molecule has 0 unspecified atom stereocenters. The summed E-state index contributed by atoms with van der Waals surface area (Å²) in [5.41, 5.74) is 4.91. The van der Waals surface area contributed by atoms with E-state index < -0.39 is 40.8 Å². The summed E-state index contributed by atoms with van der Waals surface area (Å²) >= 11 is 0. The summed E-state index contributed by atoms with van der Waals surface area (Å²) < 4.78 is 144. The first kappa shape index (κ1) is 89.6. The molecule has 4 aliphatic heterocycles. The van der Waals surface area contributed by atoms with Crippen LogP contribution in [0.4, 0.5) is 23.1 Å². The highest BCUT2D eigenvalue weighted by molar-refractivity contribution is 7.87. The molecular weight excluding hydrogens is 1620 g/mol. The molecule has 43 heteroatoms. The predicted octanol–water partition coefficient (Wildman–Crippen LogP) is 2.28. The summed E-state index contributed by atoms with van der Waals surface area (Å²) in [7, 11) is -6.68. The van der Waals surface area contributed by atoms with Gasteiger partial charge in [-0.15, -0.1) is 0 Å². The number of methoxy groups -OCH3 is 5. The van der Waals surface area contributed by atoms with Gasteiger partial charge in [0, 0.05) is 218 Å². The molecule has 8 heterocycles. The van der Waals surface area contributed by atoms with Crippen LogP contribution in [0.15, 0.2) is 79.8 Å². The maximum absolute atomic E-state index is 11.3. The number of aromatic nitrogens is 7. The number of nitrogens with two attached hydrogens (primary N) is 4. The summed E-state index contributed by atoms with van der Waals surface area (Å²) in [5.74, 6) is 7.18. The Bertz CT molecular complexity index is 5170. The molecule has 8 aromatic rings. The van der Waals surface area contributed by atoms with Crippen LogP contribution in [-0.2, 0) is 45.6 Å². The molecule has 119 heavy (non-hydrogen) atoms. The number of hydrogen-bond acceptors (Lipinski definition) is 31. The van der Waals surface area contributed by atoms with Crippen molar-refractivity contribution in [2.24, 2.45) is 20.6 Å². The van der Waals surface area contributed by atoms with Crippen LogP contribution in [0.1, 0.15) is 71.8 Å². The Morgan fingerprint density at radius 1 is 0.395 bits per heavy atom. The van der Waals surface area contributed by atoms with Gasteiger partial charge in [-0.3, -0.25) is 24.6 Å². The third-order valence-electron chi connectivity index (χ3n) is 23.1. The van der Waals surface area contributed by atoms with E-state index in [2.05, 4.69) is 105 Å². The van der Waals surface area contributed by atoms with Gasteiger partial charge in [-0.05, 0) is 109 Å². The van der Waals surface area contributed by atoms with E-state index in [9.17, 15) is 33.7 Å². The maximum Gasteiger partial charge on any atom is 0.274 e. The van der Waals surface area contributed by atoms with Crippen molar-refractivity contribution >= 4 is 108 Å². The Kier molecular flexibility index (Phi) is 28.5. The monoisotopic (exact) mass is 1730 g/mol. The summed E-state index contributed by atoms with van der Waals surface area (Å²) in [4.78, 5) is 49.7. The van der Waals surface area contributed by atoms with E-state index in [1.807, 2.05) is 83.3 Å². The van der Waals surface area contributed by atoms with E-state index in [4.69, 9.17) is 58.5 Å². The first-order chi connectivity index (χ1) is 56.7. The molecule has 4 saturated heterocycles. The number of benzene rings is 4. The summed E-state index contributed by atoms with van der Waals surface area (Å²) in [6.07, 6.45) is 12.4. The highest BCUT2D eigenvalue weighted by atomic mass is 32.2. The number of fused-ring (bicyclic) bond motifs is 4. The summed E-state index contributed by atoms with van der Waals surface area (Å²) in [6, 6.07) is 17.5. The summed E-state index contributed by atoms with van der Waals surface area (Å²) in [5, 5.41) is 24.2. The van der Waals surface area contributed by atoms with Gasteiger partial charge >= 0.3 is 0 Å². The molecule has 15 rings (SSSR count). The zero-order valence-corrected chi connectivity index (χ0v) is 72.5. The molecule has 39 nitrogen and oxygen atoms in total. The molecule has 0 radical (unpaired) electrons. The lowest BCUT2D eigenvalue weighted by atomic mass is 10.0. The minimum Gasteiger partial charge on any atom is -0.496 e. The van der Waals surface area contributed by atoms with E-state index in [0.29, 0.717) is 67.3 Å². The average Bonchev–Trinajstić information content (AvgIpc) is 1.68. The molecule has 3 aliphatic carbocycles. The maximum atomic E-state index is 11.3. The Labute approximate surface area is 696 Å². The van der Waals surface area contributed by atoms with Crippen LogP contribution >= 0.6 is 0 Å². The first-order valence-electron chi connectivity index (χ1n) is 39.5. The lowest BCUT2D eigenvalue weighted by Gasteiger charge is -2.44. The first-order valence-corrected chi connectivity index (χ1v) is 45.7. The molecule has 0 bridgehead atoms. The van der Waals surface area contributed by atoms with Crippen molar-refractivity contribution in [2.45, 2.75) is 95.3 Å². The van der Waals surface area contributed by atoms with Gasteiger partial charge in [-0.2, -0.15) is 33.7 Å². The van der Waals surface area contributed by atoms with Gasteiger partial charge in [0.1, 0.15) is 42.2 Å². The molecule has 3 saturated carbocycles. The fourth-order valence-corrected chi connectivity index (χ4v) is 18.0. The minimum atomic E-state index is -3.73. The smallest absolute Gasteiger partial charge is 0.274 e. The number of rotatable bonds is 31. The van der Waals surface area contributed by atoms with Crippen molar-refractivity contribution in [1.29, 1.82) is 0 Å². The minimum absolute atomic E-state index is 0.0667. The number of hydrogen-bond donors (Lipinski definition) is 8. The van der Waals surface area contributed by atoms with E-state index >= 15 is 0 Å². The second-order valence-electron chi connectivity index (χ2n) is 31.1. The molecule has 7 aliphatic rings. The fourth-order valence-electron chi connectivity index (χ4n) is 16.0. The van der Waals surface area contributed by atoms with Crippen LogP contribution < -0.4 is 92.2 Å². The number of anilines is 4. The molecular formula is C76H113N23O16S4. The van der Waals surface area contributed by atoms with Crippen LogP contribution in [0.5, 0.6) is 40.2 Å². The van der Waals surface area contributed by atoms with Gasteiger partial charge in [0.15, 0.2) is 41.3 Å². The van der Waals surface area contributed by atoms with Crippen molar-refractivity contribution < 1.29 is 71.6 Å². The molecule has 652 valence electrons. The van der Waals surface area contributed by atoms with Gasteiger partial charge < -0.3 is 57.5 Å². The Morgan fingerprint density at radius 2 is 0.723 bits per heavy atom. The number of pyridine rings is 1. The van der Waals surface area contributed by atoms with Crippen molar-refractivity contribution in [1.82, 2.24) is 73.4 Å². The van der Waals surface area contributed by atoms with Crippen molar-refractivity contribution in [3.05, 3.63) is 85.3 Å². The van der Waals surface area contributed by atoms with Crippen molar-refractivity contribution in [3.63, 3.8) is 0 Å². The summed E-state index contributed by atoms with van der Waals surface area (Å²) in [6.45, 7) is 25.4. The molecule has 12 N–H and O–H groups in total. The average molecular weight is 1730 g/mol. The molecule has 4 aromatic heterocycles. The highest BCUT2D eigenvalue weighted by Crippen LogP contribution is 2.46. The van der Waals surface area contributed by atoms with Gasteiger partial charge in [-0.1, -0.05) is 0 Å². The van der Waals surface area contributed by atoms with Gasteiger partial charge in [0.25, 0.3) is 40.8 Å². The number of ether oxygens (including phenoxy) is 8. The molecule has 0 atom stereocenters. The lowest BCUT2D eigenvalue weighted by molar-refractivity contribution is 0.0493. The second-order valence-corrected chi connectivity index (χ2v) is 36.6. The largest absolute Gasteiger partial charge is 0.496 e. The van der Waals surface area contributed by atoms with Crippen LogP contribution in [0, 0.1) is 6.92 Å². The van der Waals surface area contributed by atoms with Crippen LogP contribution in [0.3, 0.4) is 0 Å². The molecule has 0 spiro atoms. The predicted molar refractivity (Wildman–Crippen MR) is 456 cm³/mol. The third-order valence-corrected chi connectivity index (χ3v) is 25.3. The number of aryl methyl sites for hydroxylation is 1. The zero-order valence-electron chi connectivity index (χ0n) is 69.2. The number of piperazine rings is 4. The SMILES string of the molecule is CCOc1cc2c(N3CCN(C4(CNS(N)(=O)=O)CC4)CC3)ncnc2cc1OC.CCOc1cc2c(N3CCN(C4(CNS(N)(=O)=O)CC4)CC3)ncnc2cc1OC.COCOc1cc2c(N3CCN(C(C)(C)CNS(N)(=O)=O)CC3)ncnc2cc1OC.COc1cc2nccc(N3CCN(C4(CNS(N)(=O)=O)CC4)CC3)c2cc1C. The van der Waals surface area contributed by atoms with E-state index in [1.54, 1.807) is 54.5 Å².